The minimum absolute atomic E-state index is 0.216. The molecule has 1 atom stereocenters. The number of amides is 3. The van der Waals surface area contributed by atoms with Crippen LogP contribution >= 0.6 is 0 Å². The third-order valence-corrected chi connectivity index (χ3v) is 6.34. The Morgan fingerprint density at radius 1 is 1.00 bits per heavy atom. The summed E-state index contributed by atoms with van der Waals surface area (Å²) in [6, 6.07) is 15.9. The van der Waals surface area contributed by atoms with Crippen molar-refractivity contribution in [1.29, 1.82) is 0 Å². The highest BCUT2D eigenvalue weighted by Crippen LogP contribution is 2.33. The van der Waals surface area contributed by atoms with Crippen molar-refractivity contribution in [3.05, 3.63) is 82.7 Å². The van der Waals surface area contributed by atoms with Crippen LogP contribution in [0.15, 0.2) is 54.6 Å². The highest BCUT2D eigenvalue weighted by atomic mass is 16.7. The molecule has 34 heavy (non-hydrogen) atoms. The quantitative estimate of drug-likeness (QED) is 0.433. The Balaban J connectivity index is 1.29. The molecule has 5 rings (SSSR count). The molecule has 8 heteroatoms. The third kappa shape index (κ3) is 4.03. The highest BCUT2D eigenvalue weighted by Gasteiger charge is 2.39. The first-order chi connectivity index (χ1) is 16.4. The van der Waals surface area contributed by atoms with Gasteiger partial charge in [0.1, 0.15) is 6.04 Å². The fourth-order valence-corrected chi connectivity index (χ4v) is 4.49. The summed E-state index contributed by atoms with van der Waals surface area (Å²) in [5.74, 6) is 0.782. The summed E-state index contributed by atoms with van der Waals surface area (Å²) in [6.07, 6.45) is 0.389. The second-order valence-electron chi connectivity index (χ2n) is 8.60. The van der Waals surface area contributed by atoms with Crippen LogP contribution < -0.4 is 14.8 Å². The van der Waals surface area contributed by atoms with Gasteiger partial charge < -0.3 is 19.4 Å². The summed E-state index contributed by atoms with van der Waals surface area (Å²) in [6.45, 7) is 4.29. The first kappa shape index (κ1) is 21.8. The van der Waals surface area contributed by atoms with E-state index in [1.165, 1.54) is 0 Å². The molecule has 3 aromatic rings. The molecular weight excluding hydrogens is 434 g/mol. The van der Waals surface area contributed by atoms with E-state index in [0.29, 0.717) is 24.3 Å². The van der Waals surface area contributed by atoms with E-state index in [1.807, 2.05) is 73.0 Å². The number of nitrogens with one attached hydrogen (secondary N) is 1. The number of imide groups is 1. The van der Waals surface area contributed by atoms with Crippen molar-refractivity contribution in [2.45, 2.75) is 32.9 Å². The number of hydrogen-bond acceptors (Lipinski definition) is 5. The second kappa shape index (κ2) is 8.70. The molecule has 0 radical (unpaired) electrons. The molecule has 8 nitrogen and oxygen atoms in total. The van der Waals surface area contributed by atoms with Crippen molar-refractivity contribution in [3.63, 3.8) is 0 Å². The molecule has 1 saturated heterocycles. The van der Waals surface area contributed by atoms with Crippen LogP contribution in [-0.2, 0) is 17.8 Å². The number of aryl methyl sites for hydroxylation is 1. The maximum atomic E-state index is 13.1. The zero-order chi connectivity index (χ0) is 23.8. The zero-order valence-electron chi connectivity index (χ0n) is 19.0. The van der Waals surface area contributed by atoms with E-state index >= 15 is 0 Å². The third-order valence-electron chi connectivity index (χ3n) is 6.34. The minimum Gasteiger partial charge on any atom is -0.454 e. The molecular formula is C26H25N3O5. The molecule has 3 heterocycles. The molecule has 0 spiro atoms. The van der Waals surface area contributed by atoms with E-state index in [0.717, 1.165) is 33.2 Å². The number of urea groups is 1. The molecule has 1 N–H and O–H groups in total. The van der Waals surface area contributed by atoms with E-state index < -0.39 is 12.1 Å². The van der Waals surface area contributed by atoms with Crippen molar-refractivity contribution >= 4 is 17.7 Å². The lowest BCUT2D eigenvalue weighted by atomic mass is 10.1. The standard InChI is InChI=1S/C26H25N3O5/c1-16-10-20(17(2)28(16)13-19-8-9-23-24(12-19)34-15-33-23)22(30)14-29-25(31)21(27-26(29)32)11-18-6-4-3-5-7-18/h3-10,12,21H,11,13-15H2,1-2H3,(H,27,32). The number of Topliss-reactive ketones (excluding diaryl/α,β-unsaturated/α-hetero) is 1. The number of nitrogens with zero attached hydrogens (tertiary/aromatic N) is 2. The first-order valence-electron chi connectivity index (χ1n) is 11.1. The zero-order valence-corrected chi connectivity index (χ0v) is 19.0. The Morgan fingerprint density at radius 2 is 1.76 bits per heavy atom. The fraction of sp³-hybridized carbons (Fsp3) is 0.269. The Labute approximate surface area is 197 Å². The van der Waals surface area contributed by atoms with E-state index in [4.69, 9.17) is 9.47 Å². The Hall–Kier alpha value is -4.07. The van der Waals surface area contributed by atoms with Crippen molar-refractivity contribution < 1.29 is 23.9 Å². The maximum Gasteiger partial charge on any atom is 0.325 e. The number of aromatic nitrogens is 1. The number of carbonyl (C=O) groups is 3. The van der Waals surface area contributed by atoms with Crippen LogP contribution in [0.2, 0.25) is 0 Å². The fourth-order valence-electron chi connectivity index (χ4n) is 4.49. The lowest BCUT2D eigenvalue weighted by Crippen LogP contribution is -2.36. The van der Waals surface area contributed by atoms with Gasteiger partial charge in [0.05, 0.1) is 6.54 Å². The average Bonchev–Trinajstić information content (AvgIpc) is 3.48. The number of carbonyl (C=O) groups excluding carboxylic acids is 3. The molecule has 1 unspecified atom stereocenters. The van der Waals surface area contributed by atoms with Gasteiger partial charge in [0.15, 0.2) is 17.3 Å². The monoisotopic (exact) mass is 459 g/mol. The van der Waals surface area contributed by atoms with Gasteiger partial charge in [-0.2, -0.15) is 0 Å². The molecule has 174 valence electrons. The van der Waals surface area contributed by atoms with Crippen LogP contribution in [0.4, 0.5) is 4.79 Å². The van der Waals surface area contributed by atoms with Gasteiger partial charge >= 0.3 is 6.03 Å². The number of benzene rings is 2. The lowest BCUT2D eigenvalue weighted by Gasteiger charge is -2.13. The van der Waals surface area contributed by atoms with Crippen molar-refractivity contribution in [1.82, 2.24) is 14.8 Å². The molecule has 0 bridgehead atoms. The minimum atomic E-state index is -0.666. The number of ketones is 1. The molecule has 1 fully saturated rings. The Morgan fingerprint density at radius 3 is 2.56 bits per heavy atom. The molecule has 0 aliphatic carbocycles. The first-order valence-corrected chi connectivity index (χ1v) is 11.1. The summed E-state index contributed by atoms with van der Waals surface area (Å²) in [7, 11) is 0. The van der Waals surface area contributed by atoms with E-state index in [9.17, 15) is 14.4 Å². The summed E-state index contributed by atoms with van der Waals surface area (Å²) in [4.78, 5) is 39.4. The number of fused-ring (bicyclic) bond motifs is 1. The smallest absolute Gasteiger partial charge is 0.325 e. The van der Waals surface area contributed by atoms with Crippen molar-refractivity contribution in [3.8, 4) is 11.5 Å². The van der Waals surface area contributed by atoms with E-state index in [1.54, 1.807) is 0 Å². The van der Waals surface area contributed by atoms with E-state index in [2.05, 4.69) is 5.32 Å². The highest BCUT2D eigenvalue weighted by molar-refractivity contribution is 6.09. The molecule has 1 aromatic heterocycles. The predicted molar refractivity (Wildman–Crippen MR) is 124 cm³/mol. The summed E-state index contributed by atoms with van der Waals surface area (Å²) >= 11 is 0. The normalized spacial score (nSPS) is 16.8. The van der Waals surface area contributed by atoms with E-state index in [-0.39, 0.29) is 25.0 Å². The van der Waals surface area contributed by atoms with Crippen LogP contribution in [0.5, 0.6) is 11.5 Å². The average molecular weight is 460 g/mol. The van der Waals surface area contributed by atoms with Crippen LogP contribution in [0.25, 0.3) is 0 Å². The molecule has 3 amide bonds. The molecule has 2 aromatic carbocycles. The van der Waals surface area contributed by atoms with Gasteiger partial charge in [-0.1, -0.05) is 36.4 Å². The summed E-state index contributed by atoms with van der Waals surface area (Å²) in [5.41, 5.74) is 4.17. The Bertz CT molecular complexity index is 1280. The molecule has 0 saturated carbocycles. The van der Waals surface area contributed by atoms with Crippen LogP contribution in [0.3, 0.4) is 0 Å². The number of hydrogen-bond donors (Lipinski definition) is 1. The number of rotatable bonds is 7. The largest absolute Gasteiger partial charge is 0.454 e. The Kier molecular flexibility index (Phi) is 5.57. The second-order valence-corrected chi connectivity index (χ2v) is 8.60. The predicted octanol–water partition coefficient (Wildman–Crippen LogP) is 3.23. The van der Waals surface area contributed by atoms with Gasteiger partial charge in [0.2, 0.25) is 6.79 Å². The van der Waals surface area contributed by atoms with Crippen LogP contribution in [0, 0.1) is 13.8 Å². The SMILES string of the molecule is Cc1cc(C(=O)CN2C(=O)NC(Cc3ccccc3)C2=O)c(C)n1Cc1ccc2c(c1)OCO2. The van der Waals surface area contributed by atoms with Gasteiger partial charge in [-0.15, -0.1) is 0 Å². The van der Waals surface area contributed by atoms with Crippen LogP contribution in [-0.4, -0.2) is 46.6 Å². The van der Waals surface area contributed by atoms with Gasteiger partial charge in [0.25, 0.3) is 5.91 Å². The lowest BCUT2D eigenvalue weighted by molar-refractivity contribution is -0.127. The van der Waals surface area contributed by atoms with Gasteiger partial charge in [-0.05, 0) is 43.2 Å². The van der Waals surface area contributed by atoms with Gasteiger partial charge in [0, 0.05) is 29.9 Å². The van der Waals surface area contributed by atoms with Crippen LogP contribution in [0.1, 0.15) is 32.9 Å². The number of ether oxygens (including phenoxy) is 2. The van der Waals surface area contributed by atoms with Gasteiger partial charge in [-0.3, -0.25) is 14.5 Å². The van der Waals surface area contributed by atoms with Gasteiger partial charge in [-0.25, -0.2) is 4.79 Å². The summed E-state index contributed by atoms with van der Waals surface area (Å²) in [5, 5.41) is 2.70. The molecule has 2 aliphatic rings. The molecule has 2 aliphatic heterocycles. The van der Waals surface area contributed by atoms with Crippen molar-refractivity contribution in [2.24, 2.45) is 0 Å². The maximum absolute atomic E-state index is 13.1. The van der Waals surface area contributed by atoms with Crippen molar-refractivity contribution in [2.75, 3.05) is 13.3 Å². The topological polar surface area (TPSA) is 89.9 Å². The summed E-state index contributed by atoms with van der Waals surface area (Å²) < 4.78 is 12.9.